The Kier molecular flexibility index (Phi) is 7.15. The van der Waals surface area contributed by atoms with Crippen LogP contribution in [-0.2, 0) is 20.3 Å². The van der Waals surface area contributed by atoms with Gasteiger partial charge in [-0.05, 0) is 25.1 Å². The van der Waals surface area contributed by atoms with Crippen molar-refractivity contribution in [3.8, 4) is 0 Å². The third kappa shape index (κ3) is 6.24. The summed E-state index contributed by atoms with van der Waals surface area (Å²) in [5.74, 6) is -0.423. The first-order valence-corrected chi connectivity index (χ1v) is 7.27. The number of rotatable bonds is 8. The third-order valence-electron chi connectivity index (χ3n) is 2.38. The molecule has 1 N–H and O–H groups in total. The maximum Gasteiger partial charge on any atom is 0.124 e. The number of aliphatic hydroxyl groups excluding tert-OH is 1. The molecule has 3 unspecified atom stereocenters. The standard InChI is InChI=1S/C13H19FO4S/c1-10(7-17-2)18-8-12(15)9-19(16)13-5-3-4-11(14)6-13/h3-6,10,12,15H,7-9H2,1-2H3. The first-order chi connectivity index (χ1) is 9.02. The van der Waals surface area contributed by atoms with E-state index in [0.717, 1.165) is 0 Å². The van der Waals surface area contributed by atoms with Gasteiger partial charge in [0.25, 0.3) is 0 Å². The highest BCUT2D eigenvalue weighted by atomic mass is 32.2. The Morgan fingerprint density at radius 3 is 2.79 bits per heavy atom. The van der Waals surface area contributed by atoms with E-state index in [1.54, 1.807) is 13.2 Å². The van der Waals surface area contributed by atoms with Crippen molar-refractivity contribution in [2.24, 2.45) is 0 Å². The van der Waals surface area contributed by atoms with Gasteiger partial charge in [0.2, 0.25) is 0 Å². The van der Waals surface area contributed by atoms with E-state index in [4.69, 9.17) is 9.47 Å². The summed E-state index contributed by atoms with van der Waals surface area (Å²) in [6, 6.07) is 5.55. The molecule has 1 aromatic carbocycles. The molecule has 0 fully saturated rings. The SMILES string of the molecule is COCC(C)OCC(O)CS(=O)c1cccc(F)c1. The van der Waals surface area contributed by atoms with Gasteiger partial charge in [-0.15, -0.1) is 0 Å². The third-order valence-corrected chi connectivity index (χ3v) is 3.84. The molecule has 0 heterocycles. The predicted molar refractivity (Wildman–Crippen MR) is 71.0 cm³/mol. The summed E-state index contributed by atoms with van der Waals surface area (Å²) in [6.07, 6.45) is -0.995. The average molecular weight is 290 g/mol. The average Bonchev–Trinajstić information content (AvgIpc) is 2.36. The molecule has 3 atom stereocenters. The van der Waals surface area contributed by atoms with Crippen LogP contribution in [0.3, 0.4) is 0 Å². The van der Waals surface area contributed by atoms with Crippen LogP contribution in [0.2, 0.25) is 0 Å². The fraction of sp³-hybridized carbons (Fsp3) is 0.538. The van der Waals surface area contributed by atoms with Crippen LogP contribution in [0, 0.1) is 5.82 Å². The molecule has 0 amide bonds. The van der Waals surface area contributed by atoms with Crippen LogP contribution in [0.4, 0.5) is 4.39 Å². The molecule has 0 radical (unpaired) electrons. The van der Waals surface area contributed by atoms with Gasteiger partial charge in [-0.3, -0.25) is 4.21 Å². The van der Waals surface area contributed by atoms with Gasteiger partial charge in [0.1, 0.15) is 5.82 Å². The van der Waals surface area contributed by atoms with Crippen LogP contribution in [-0.4, -0.2) is 47.6 Å². The van der Waals surface area contributed by atoms with Gasteiger partial charge in [-0.1, -0.05) is 6.07 Å². The lowest BCUT2D eigenvalue weighted by Gasteiger charge is -2.15. The zero-order valence-corrected chi connectivity index (χ0v) is 11.9. The monoisotopic (exact) mass is 290 g/mol. The number of halogens is 1. The van der Waals surface area contributed by atoms with Gasteiger partial charge in [-0.25, -0.2) is 4.39 Å². The Bertz CT molecular complexity index is 413. The van der Waals surface area contributed by atoms with Crippen LogP contribution in [0.15, 0.2) is 29.2 Å². The van der Waals surface area contributed by atoms with E-state index in [1.807, 2.05) is 6.92 Å². The second kappa shape index (κ2) is 8.37. The van der Waals surface area contributed by atoms with Crippen LogP contribution >= 0.6 is 0 Å². The highest BCUT2D eigenvalue weighted by molar-refractivity contribution is 7.85. The van der Waals surface area contributed by atoms with Crippen molar-refractivity contribution >= 4 is 10.8 Å². The Hall–Kier alpha value is -0.820. The van der Waals surface area contributed by atoms with Crippen molar-refractivity contribution in [3.05, 3.63) is 30.1 Å². The van der Waals surface area contributed by atoms with Gasteiger partial charge in [0.15, 0.2) is 0 Å². The summed E-state index contributed by atoms with van der Waals surface area (Å²) in [5.41, 5.74) is 0. The lowest BCUT2D eigenvalue weighted by Crippen LogP contribution is -2.27. The fourth-order valence-corrected chi connectivity index (χ4v) is 2.60. The van der Waals surface area contributed by atoms with E-state index in [-0.39, 0.29) is 18.5 Å². The first kappa shape index (κ1) is 16.2. The quantitative estimate of drug-likeness (QED) is 0.785. The molecule has 108 valence electrons. The summed E-state index contributed by atoms with van der Waals surface area (Å²) in [7, 11) is 0.121. The predicted octanol–water partition coefficient (Wildman–Crippen LogP) is 1.35. The lowest BCUT2D eigenvalue weighted by atomic mass is 10.3. The van der Waals surface area contributed by atoms with Gasteiger partial charge < -0.3 is 14.6 Å². The van der Waals surface area contributed by atoms with Crippen LogP contribution in [0.5, 0.6) is 0 Å². The summed E-state index contributed by atoms with van der Waals surface area (Å²) in [4.78, 5) is 0.365. The van der Waals surface area contributed by atoms with Gasteiger partial charge >= 0.3 is 0 Å². The van der Waals surface area contributed by atoms with Crippen molar-refractivity contribution in [2.45, 2.75) is 24.0 Å². The molecule has 6 heteroatoms. The molecule has 4 nitrogen and oxygen atoms in total. The van der Waals surface area contributed by atoms with Gasteiger partial charge in [0.05, 0.1) is 42.0 Å². The number of hydrogen-bond donors (Lipinski definition) is 1. The molecule has 0 saturated heterocycles. The second-order valence-electron chi connectivity index (χ2n) is 4.22. The summed E-state index contributed by atoms with van der Waals surface area (Å²) >= 11 is 0. The highest BCUT2D eigenvalue weighted by Gasteiger charge is 2.13. The second-order valence-corrected chi connectivity index (χ2v) is 5.72. The largest absolute Gasteiger partial charge is 0.390 e. The van der Waals surface area contributed by atoms with Crippen molar-refractivity contribution in [1.29, 1.82) is 0 Å². The Balaban J connectivity index is 2.40. The zero-order valence-electron chi connectivity index (χ0n) is 11.0. The van der Waals surface area contributed by atoms with E-state index < -0.39 is 22.7 Å². The lowest BCUT2D eigenvalue weighted by molar-refractivity contribution is -0.0259. The Morgan fingerprint density at radius 2 is 2.16 bits per heavy atom. The van der Waals surface area contributed by atoms with E-state index in [2.05, 4.69) is 0 Å². The molecular formula is C13H19FO4S. The van der Waals surface area contributed by atoms with Gasteiger partial charge in [0, 0.05) is 12.0 Å². The molecular weight excluding hydrogens is 271 g/mol. The smallest absolute Gasteiger partial charge is 0.124 e. The number of methoxy groups -OCH3 is 1. The summed E-state index contributed by atoms with van der Waals surface area (Å²) in [5, 5.41) is 9.71. The van der Waals surface area contributed by atoms with Crippen molar-refractivity contribution in [1.82, 2.24) is 0 Å². The highest BCUT2D eigenvalue weighted by Crippen LogP contribution is 2.10. The van der Waals surface area contributed by atoms with Gasteiger partial charge in [-0.2, -0.15) is 0 Å². The molecule has 19 heavy (non-hydrogen) atoms. The molecule has 0 aliphatic carbocycles. The maximum absolute atomic E-state index is 13.0. The van der Waals surface area contributed by atoms with E-state index >= 15 is 0 Å². The minimum Gasteiger partial charge on any atom is -0.390 e. The first-order valence-electron chi connectivity index (χ1n) is 5.95. The molecule has 1 rings (SSSR count). The van der Waals surface area contributed by atoms with E-state index in [0.29, 0.717) is 11.5 Å². The maximum atomic E-state index is 13.0. The normalized spacial score (nSPS) is 16.0. The molecule has 0 spiro atoms. The van der Waals surface area contributed by atoms with Crippen LogP contribution in [0.25, 0.3) is 0 Å². The fourth-order valence-electron chi connectivity index (χ4n) is 1.49. The van der Waals surface area contributed by atoms with Crippen molar-refractivity contribution in [2.75, 3.05) is 26.1 Å². The Morgan fingerprint density at radius 1 is 1.42 bits per heavy atom. The molecule has 0 saturated carbocycles. The summed E-state index contributed by atoms with van der Waals surface area (Å²) < 4.78 is 35.1. The molecule has 0 bridgehead atoms. The number of aliphatic hydroxyl groups is 1. The van der Waals surface area contributed by atoms with Crippen molar-refractivity contribution in [3.63, 3.8) is 0 Å². The minimum absolute atomic E-state index is 0.0170. The Labute approximate surface area is 115 Å². The van der Waals surface area contributed by atoms with E-state index in [9.17, 15) is 13.7 Å². The summed E-state index contributed by atoms with van der Waals surface area (Å²) in [6.45, 7) is 2.32. The minimum atomic E-state index is -1.44. The number of benzene rings is 1. The molecule has 0 aliphatic rings. The van der Waals surface area contributed by atoms with E-state index in [1.165, 1.54) is 18.2 Å². The van der Waals surface area contributed by atoms with Crippen LogP contribution in [0.1, 0.15) is 6.92 Å². The number of ether oxygens (including phenoxy) is 2. The molecule has 1 aromatic rings. The van der Waals surface area contributed by atoms with Crippen LogP contribution < -0.4 is 0 Å². The van der Waals surface area contributed by atoms with Crippen molar-refractivity contribution < 1.29 is 23.2 Å². The number of hydrogen-bond acceptors (Lipinski definition) is 4. The molecule has 0 aromatic heterocycles. The zero-order chi connectivity index (χ0) is 14.3. The molecule has 0 aliphatic heterocycles. The topological polar surface area (TPSA) is 55.8 Å².